The lowest BCUT2D eigenvalue weighted by atomic mass is 9.78. The van der Waals surface area contributed by atoms with E-state index in [-0.39, 0.29) is 17.9 Å². The molecule has 1 saturated carbocycles. The van der Waals surface area contributed by atoms with Gasteiger partial charge in [0.2, 0.25) is 5.91 Å². The maximum Gasteiger partial charge on any atom is 0.308 e. The molecule has 0 radical (unpaired) electrons. The lowest BCUT2D eigenvalue weighted by Gasteiger charge is -2.41. The van der Waals surface area contributed by atoms with Crippen LogP contribution >= 0.6 is 0 Å². The molecule has 2 aliphatic rings. The van der Waals surface area contributed by atoms with Gasteiger partial charge in [-0.25, -0.2) is 0 Å². The fraction of sp³-hybridized carbons (Fsp3) is 0.800. The largest absolute Gasteiger partial charge is 0.481 e. The van der Waals surface area contributed by atoms with Crippen LogP contribution in [0.1, 0.15) is 19.3 Å². The number of nitrogens with one attached hydrogen (secondary N) is 1. The van der Waals surface area contributed by atoms with Crippen LogP contribution in [0.5, 0.6) is 0 Å². The second-order valence-electron chi connectivity index (χ2n) is 4.26. The van der Waals surface area contributed by atoms with Crippen LogP contribution in [0, 0.1) is 5.92 Å². The highest BCUT2D eigenvalue weighted by molar-refractivity contribution is 5.78. The first-order chi connectivity index (χ1) is 7.18. The molecule has 5 heteroatoms. The first-order valence-electron chi connectivity index (χ1n) is 5.42. The van der Waals surface area contributed by atoms with E-state index in [9.17, 15) is 9.59 Å². The average Bonchev–Trinajstić information content (AvgIpc) is 2.27. The maximum absolute atomic E-state index is 11.3. The van der Waals surface area contributed by atoms with E-state index < -0.39 is 5.97 Å². The van der Waals surface area contributed by atoms with Gasteiger partial charge in [-0.15, -0.1) is 0 Å². The van der Waals surface area contributed by atoms with Gasteiger partial charge in [-0.05, 0) is 19.3 Å². The Kier molecular flexibility index (Phi) is 2.90. The van der Waals surface area contributed by atoms with E-state index in [1.54, 1.807) is 0 Å². The summed E-state index contributed by atoms with van der Waals surface area (Å²) < 4.78 is 0. The summed E-state index contributed by atoms with van der Waals surface area (Å²) in [7, 11) is 0. The lowest BCUT2D eigenvalue weighted by molar-refractivity contribution is -0.149. The number of nitrogens with zero attached hydrogens (tertiary/aromatic N) is 1. The highest BCUT2D eigenvalue weighted by Gasteiger charge is 2.40. The summed E-state index contributed by atoms with van der Waals surface area (Å²) >= 11 is 0. The number of rotatable bonds is 2. The summed E-state index contributed by atoms with van der Waals surface area (Å²) in [5.41, 5.74) is 0. The SMILES string of the molecule is O=C1CN(C2CCC2C(=O)O)CCCN1. The van der Waals surface area contributed by atoms with Gasteiger partial charge in [-0.2, -0.15) is 0 Å². The van der Waals surface area contributed by atoms with Crippen molar-refractivity contribution < 1.29 is 14.7 Å². The molecule has 1 amide bonds. The van der Waals surface area contributed by atoms with Gasteiger partial charge >= 0.3 is 5.97 Å². The van der Waals surface area contributed by atoms with Crippen molar-refractivity contribution in [1.29, 1.82) is 0 Å². The molecule has 84 valence electrons. The number of aliphatic carboxylic acids is 1. The van der Waals surface area contributed by atoms with Gasteiger partial charge in [0.05, 0.1) is 12.5 Å². The molecule has 0 aromatic rings. The van der Waals surface area contributed by atoms with Crippen molar-refractivity contribution in [3.63, 3.8) is 0 Å². The molecular formula is C10H16N2O3. The molecule has 2 rings (SSSR count). The minimum Gasteiger partial charge on any atom is -0.481 e. The van der Waals surface area contributed by atoms with Crippen LogP contribution in [-0.4, -0.2) is 47.6 Å². The molecule has 0 bridgehead atoms. The molecule has 2 fully saturated rings. The first-order valence-corrected chi connectivity index (χ1v) is 5.42. The molecule has 1 aliphatic carbocycles. The summed E-state index contributed by atoms with van der Waals surface area (Å²) in [5.74, 6) is -0.977. The molecule has 2 N–H and O–H groups in total. The topological polar surface area (TPSA) is 69.6 Å². The van der Waals surface area contributed by atoms with Crippen molar-refractivity contribution in [3.8, 4) is 0 Å². The van der Waals surface area contributed by atoms with Gasteiger partial charge in [0, 0.05) is 19.1 Å². The summed E-state index contributed by atoms with van der Waals surface area (Å²) in [6, 6.07) is 0.0753. The van der Waals surface area contributed by atoms with E-state index in [4.69, 9.17) is 5.11 Å². The molecule has 1 aliphatic heterocycles. The predicted molar refractivity (Wildman–Crippen MR) is 53.3 cm³/mol. The fourth-order valence-electron chi connectivity index (χ4n) is 2.32. The van der Waals surface area contributed by atoms with Gasteiger partial charge in [0.25, 0.3) is 0 Å². The van der Waals surface area contributed by atoms with Crippen molar-refractivity contribution in [2.75, 3.05) is 19.6 Å². The maximum atomic E-state index is 11.3. The van der Waals surface area contributed by atoms with Crippen LogP contribution in [0.3, 0.4) is 0 Å². The Morgan fingerprint density at radius 1 is 1.47 bits per heavy atom. The van der Waals surface area contributed by atoms with Gasteiger partial charge in [0.15, 0.2) is 0 Å². The Hall–Kier alpha value is -1.10. The molecule has 2 atom stereocenters. The molecule has 15 heavy (non-hydrogen) atoms. The third kappa shape index (κ3) is 2.12. The smallest absolute Gasteiger partial charge is 0.308 e. The molecule has 1 saturated heterocycles. The van der Waals surface area contributed by atoms with Gasteiger partial charge in [0.1, 0.15) is 0 Å². The van der Waals surface area contributed by atoms with E-state index >= 15 is 0 Å². The number of amides is 1. The Labute approximate surface area is 88.4 Å². The number of carboxylic acid groups (broad SMARTS) is 1. The third-order valence-electron chi connectivity index (χ3n) is 3.32. The van der Waals surface area contributed by atoms with Crippen molar-refractivity contribution >= 4 is 11.9 Å². The zero-order valence-corrected chi connectivity index (χ0v) is 8.61. The Bertz CT molecular complexity index is 280. The van der Waals surface area contributed by atoms with Crippen molar-refractivity contribution in [3.05, 3.63) is 0 Å². The van der Waals surface area contributed by atoms with E-state index in [2.05, 4.69) is 5.32 Å². The number of hydrogen-bond donors (Lipinski definition) is 2. The molecular weight excluding hydrogens is 196 g/mol. The normalized spacial score (nSPS) is 32.7. The average molecular weight is 212 g/mol. The van der Waals surface area contributed by atoms with Crippen LogP contribution in [0.15, 0.2) is 0 Å². The second kappa shape index (κ2) is 4.18. The van der Waals surface area contributed by atoms with Crippen LogP contribution in [0.2, 0.25) is 0 Å². The molecule has 2 unspecified atom stereocenters. The van der Waals surface area contributed by atoms with Crippen LogP contribution in [0.25, 0.3) is 0 Å². The summed E-state index contributed by atoms with van der Waals surface area (Å²) in [5, 5.41) is 11.7. The minimum atomic E-state index is -0.726. The van der Waals surface area contributed by atoms with E-state index in [1.165, 1.54) is 0 Å². The van der Waals surface area contributed by atoms with Crippen molar-refractivity contribution in [2.45, 2.75) is 25.3 Å². The quantitative estimate of drug-likeness (QED) is 0.657. The van der Waals surface area contributed by atoms with Crippen LogP contribution in [-0.2, 0) is 9.59 Å². The van der Waals surface area contributed by atoms with Crippen LogP contribution < -0.4 is 5.32 Å². The van der Waals surface area contributed by atoms with Gasteiger partial charge < -0.3 is 10.4 Å². The fourth-order valence-corrected chi connectivity index (χ4v) is 2.32. The predicted octanol–water partition coefficient (Wildman–Crippen LogP) is -0.328. The van der Waals surface area contributed by atoms with E-state index in [0.717, 1.165) is 25.8 Å². The Morgan fingerprint density at radius 3 is 2.87 bits per heavy atom. The van der Waals surface area contributed by atoms with Gasteiger partial charge in [-0.3, -0.25) is 14.5 Å². The minimum absolute atomic E-state index is 0.0172. The first kappa shape index (κ1) is 10.4. The number of carbonyl (C=O) groups excluding carboxylic acids is 1. The highest BCUT2D eigenvalue weighted by Crippen LogP contribution is 2.32. The number of carbonyl (C=O) groups is 2. The zero-order valence-electron chi connectivity index (χ0n) is 8.61. The third-order valence-corrected chi connectivity index (χ3v) is 3.32. The summed E-state index contributed by atoms with van der Waals surface area (Å²) in [6.45, 7) is 1.89. The molecule has 0 aromatic heterocycles. The van der Waals surface area contributed by atoms with Gasteiger partial charge in [-0.1, -0.05) is 0 Å². The summed E-state index contributed by atoms with van der Waals surface area (Å²) in [4.78, 5) is 24.2. The number of carboxylic acids is 1. The van der Waals surface area contributed by atoms with E-state index in [0.29, 0.717) is 13.1 Å². The standard InChI is InChI=1S/C10H16N2O3/c13-9-6-12(5-1-4-11-9)8-3-2-7(8)10(14)15/h7-8H,1-6H2,(H,11,13)(H,14,15). The molecule has 0 aromatic carbocycles. The molecule has 5 nitrogen and oxygen atoms in total. The van der Waals surface area contributed by atoms with E-state index in [1.807, 2.05) is 4.90 Å². The monoisotopic (exact) mass is 212 g/mol. The molecule has 1 heterocycles. The van der Waals surface area contributed by atoms with Crippen molar-refractivity contribution in [2.24, 2.45) is 5.92 Å². The zero-order chi connectivity index (χ0) is 10.8. The highest BCUT2D eigenvalue weighted by atomic mass is 16.4. The van der Waals surface area contributed by atoms with Crippen LogP contribution in [0.4, 0.5) is 0 Å². The Balaban J connectivity index is 1.97. The Morgan fingerprint density at radius 2 is 2.27 bits per heavy atom. The summed E-state index contributed by atoms with van der Waals surface area (Å²) in [6.07, 6.45) is 2.57. The number of hydrogen-bond acceptors (Lipinski definition) is 3. The lowest BCUT2D eigenvalue weighted by Crippen LogP contribution is -2.52. The van der Waals surface area contributed by atoms with Crippen molar-refractivity contribution in [1.82, 2.24) is 10.2 Å². The molecule has 0 spiro atoms. The second-order valence-corrected chi connectivity index (χ2v) is 4.26.